The number of nitrogens with two attached hydrogens (primary N) is 1. The van der Waals surface area contributed by atoms with Gasteiger partial charge in [0, 0.05) is 17.7 Å². The van der Waals surface area contributed by atoms with E-state index in [9.17, 15) is 8.78 Å². The largest absolute Gasteiger partial charge is 0.324 e. The van der Waals surface area contributed by atoms with E-state index in [0.29, 0.717) is 17.5 Å². The monoisotopic (exact) mass is 289 g/mol. The van der Waals surface area contributed by atoms with Gasteiger partial charge < -0.3 is 5.73 Å². The van der Waals surface area contributed by atoms with Gasteiger partial charge in [0.15, 0.2) is 0 Å². The number of hydrogen-bond donors (Lipinski definition) is 1. The van der Waals surface area contributed by atoms with E-state index in [1.54, 1.807) is 6.92 Å². The van der Waals surface area contributed by atoms with Crippen LogP contribution in [-0.4, -0.2) is 0 Å². The Balaban J connectivity index is 2.35. The van der Waals surface area contributed by atoms with E-state index in [1.807, 2.05) is 20.8 Å². The lowest BCUT2D eigenvalue weighted by atomic mass is 9.91. The predicted molar refractivity (Wildman–Crippen MR) is 82.4 cm³/mol. The van der Waals surface area contributed by atoms with E-state index in [4.69, 9.17) is 5.73 Å². The van der Waals surface area contributed by atoms with Gasteiger partial charge in [0.05, 0.1) is 0 Å². The van der Waals surface area contributed by atoms with Gasteiger partial charge >= 0.3 is 0 Å². The van der Waals surface area contributed by atoms with Crippen molar-refractivity contribution < 1.29 is 8.78 Å². The Morgan fingerprint density at radius 2 is 1.43 bits per heavy atom. The first-order valence-electron chi connectivity index (χ1n) is 7.07. The zero-order chi connectivity index (χ0) is 15.7. The van der Waals surface area contributed by atoms with E-state index in [0.717, 1.165) is 22.8 Å². The second-order valence-electron chi connectivity index (χ2n) is 5.81. The first-order chi connectivity index (χ1) is 9.79. The molecule has 0 spiro atoms. The fourth-order valence-corrected chi connectivity index (χ4v) is 2.83. The summed E-state index contributed by atoms with van der Waals surface area (Å²) in [6.07, 6.45) is 0.542. The molecule has 0 bridgehead atoms. The topological polar surface area (TPSA) is 26.0 Å². The van der Waals surface area contributed by atoms with Crippen LogP contribution >= 0.6 is 0 Å². The van der Waals surface area contributed by atoms with E-state index in [-0.39, 0.29) is 0 Å². The summed E-state index contributed by atoms with van der Waals surface area (Å²) in [7, 11) is 0. The van der Waals surface area contributed by atoms with E-state index >= 15 is 0 Å². The fourth-order valence-electron chi connectivity index (χ4n) is 2.83. The molecule has 0 radical (unpaired) electrons. The number of halogens is 2. The first-order valence-corrected chi connectivity index (χ1v) is 7.07. The molecule has 2 aromatic carbocycles. The Labute approximate surface area is 124 Å². The van der Waals surface area contributed by atoms with Crippen LogP contribution in [0.1, 0.15) is 39.4 Å². The van der Waals surface area contributed by atoms with Gasteiger partial charge in [-0.2, -0.15) is 0 Å². The SMILES string of the molecule is Cc1cc(C)c(CC(N)c2cc(C)c(F)cc2F)c(C)c1. The summed E-state index contributed by atoms with van der Waals surface area (Å²) in [5.74, 6) is -1.11. The van der Waals surface area contributed by atoms with Gasteiger partial charge in [-0.15, -0.1) is 0 Å². The number of hydrogen-bond acceptors (Lipinski definition) is 1. The summed E-state index contributed by atoms with van der Waals surface area (Å²) in [5.41, 5.74) is 11.6. The minimum absolute atomic E-state index is 0.369. The molecular formula is C18H21F2N. The van der Waals surface area contributed by atoms with Crippen LogP contribution in [0.5, 0.6) is 0 Å². The molecule has 0 amide bonds. The smallest absolute Gasteiger partial charge is 0.130 e. The Morgan fingerprint density at radius 1 is 0.857 bits per heavy atom. The highest BCUT2D eigenvalue weighted by atomic mass is 19.1. The zero-order valence-electron chi connectivity index (χ0n) is 12.9. The third kappa shape index (κ3) is 3.30. The molecule has 0 saturated heterocycles. The van der Waals surface area contributed by atoms with Gasteiger partial charge in [-0.3, -0.25) is 0 Å². The average Bonchev–Trinajstić information content (AvgIpc) is 2.37. The molecule has 1 unspecified atom stereocenters. The van der Waals surface area contributed by atoms with Crippen LogP contribution in [0.15, 0.2) is 24.3 Å². The molecule has 0 fully saturated rings. The first kappa shape index (κ1) is 15.6. The van der Waals surface area contributed by atoms with Gasteiger partial charge in [0.25, 0.3) is 0 Å². The van der Waals surface area contributed by atoms with Crippen LogP contribution in [0, 0.1) is 39.3 Å². The maximum atomic E-state index is 13.9. The molecule has 2 N–H and O–H groups in total. The molecule has 3 heteroatoms. The molecule has 0 aliphatic heterocycles. The molecule has 0 heterocycles. The third-order valence-corrected chi connectivity index (χ3v) is 3.94. The summed E-state index contributed by atoms with van der Waals surface area (Å²) >= 11 is 0. The van der Waals surface area contributed by atoms with Gasteiger partial charge in [-0.05, 0) is 62.4 Å². The minimum atomic E-state index is -0.576. The second kappa shape index (κ2) is 5.94. The molecule has 2 rings (SSSR count). The maximum absolute atomic E-state index is 13.9. The number of benzene rings is 2. The van der Waals surface area contributed by atoms with Crippen LogP contribution in [0.25, 0.3) is 0 Å². The molecule has 0 saturated carbocycles. The highest BCUT2D eigenvalue weighted by Gasteiger charge is 2.16. The van der Waals surface area contributed by atoms with Gasteiger partial charge in [0.2, 0.25) is 0 Å². The van der Waals surface area contributed by atoms with E-state index < -0.39 is 17.7 Å². The average molecular weight is 289 g/mol. The summed E-state index contributed by atoms with van der Waals surface area (Å²) in [6, 6.07) is 6.14. The highest BCUT2D eigenvalue weighted by Crippen LogP contribution is 2.25. The van der Waals surface area contributed by atoms with Gasteiger partial charge in [-0.1, -0.05) is 17.7 Å². The predicted octanol–water partition coefficient (Wildman–Crippen LogP) is 4.44. The van der Waals surface area contributed by atoms with Crippen molar-refractivity contribution in [3.8, 4) is 0 Å². The third-order valence-electron chi connectivity index (χ3n) is 3.94. The van der Waals surface area contributed by atoms with E-state index in [2.05, 4.69) is 12.1 Å². The van der Waals surface area contributed by atoms with E-state index in [1.165, 1.54) is 11.6 Å². The van der Waals surface area contributed by atoms with Crippen LogP contribution in [0.2, 0.25) is 0 Å². The molecule has 1 nitrogen and oxygen atoms in total. The van der Waals surface area contributed by atoms with Crippen LogP contribution in [-0.2, 0) is 6.42 Å². The van der Waals surface area contributed by atoms with Crippen LogP contribution in [0.3, 0.4) is 0 Å². The Morgan fingerprint density at radius 3 is 2.00 bits per heavy atom. The Hall–Kier alpha value is -1.74. The quantitative estimate of drug-likeness (QED) is 0.888. The standard InChI is InChI=1S/C18H21F2N/c1-10-5-11(2)14(12(3)6-10)8-18(21)15-7-13(4)16(19)9-17(15)20/h5-7,9,18H,8,21H2,1-4H3. The summed E-state index contributed by atoms with van der Waals surface area (Å²) in [5, 5.41) is 0. The minimum Gasteiger partial charge on any atom is -0.324 e. The normalized spacial score (nSPS) is 12.5. The van der Waals surface area contributed by atoms with Crippen LogP contribution in [0.4, 0.5) is 8.78 Å². The van der Waals surface area contributed by atoms with Crippen molar-refractivity contribution >= 4 is 0 Å². The van der Waals surface area contributed by atoms with Crippen molar-refractivity contribution in [1.82, 2.24) is 0 Å². The van der Waals surface area contributed by atoms with Crippen molar-refractivity contribution in [1.29, 1.82) is 0 Å². The molecule has 112 valence electrons. The summed E-state index contributed by atoms with van der Waals surface area (Å²) in [6.45, 7) is 7.74. The number of aryl methyl sites for hydroxylation is 4. The molecule has 1 atom stereocenters. The van der Waals surface area contributed by atoms with Crippen molar-refractivity contribution in [2.24, 2.45) is 5.73 Å². The molecule has 0 aliphatic carbocycles. The molecule has 0 aromatic heterocycles. The molecule has 2 aromatic rings. The highest BCUT2D eigenvalue weighted by molar-refractivity contribution is 5.39. The molecule has 21 heavy (non-hydrogen) atoms. The fraction of sp³-hybridized carbons (Fsp3) is 0.333. The zero-order valence-corrected chi connectivity index (χ0v) is 12.9. The molecular weight excluding hydrogens is 268 g/mol. The van der Waals surface area contributed by atoms with Crippen molar-refractivity contribution in [3.05, 3.63) is 69.3 Å². The lowest BCUT2D eigenvalue weighted by Crippen LogP contribution is -2.17. The Bertz CT molecular complexity index is 654. The maximum Gasteiger partial charge on any atom is 0.130 e. The lowest BCUT2D eigenvalue weighted by Gasteiger charge is -2.18. The van der Waals surface area contributed by atoms with Gasteiger partial charge in [-0.25, -0.2) is 8.78 Å². The van der Waals surface area contributed by atoms with Crippen molar-refractivity contribution in [3.63, 3.8) is 0 Å². The summed E-state index contributed by atoms with van der Waals surface area (Å²) in [4.78, 5) is 0. The second-order valence-corrected chi connectivity index (χ2v) is 5.81. The molecule has 0 aliphatic rings. The number of rotatable bonds is 3. The van der Waals surface area contributed by atoms with Crippen LogP contribution < -0.4 is 5.73 Å². The van der Waals surface area contributed by atoms with Crippen molar-refractivity contribution in [2.75, 3.05) is 0 Å². The van der Waals surface area contributed by atoms with Gasteiger partial charge in [0.1, 0.15) is 11.6 Å². The lowest BCUT2D eigenvalue weighted by molar-refractivity contribution is 0.549. The summed E-state index contributed by atoms with van der Waals surface area (Å²) < 4.78 is 27.3. The Kier molecular flexibility index (Phi) is 4.43. The van der Waals surface area contributed by atoms with Crippen molar-refractivity contribution in [2.45, 2.75) is 40.2 Å².